The molecule has 1 aliphatic heterocycles. The molecule has 1 N–H and O–H groups in total. The smallest absolute Gasteiger partial charge is 0.252 e. The molecule has 1 atom stereocenters. The lowest BCUT2D eigenvalue weighted by Crippen LogP contribution is -2.23. The van der Waals surface area contributed by atoms with Crippen LogP contribution in [0.4, 0.5) is 0 Å². The predicted molar refractivity (Wildman–Crippen MR) is 132 cm³/mol. The molecule has 1 aromatic carbocycles. The first-order chi connectivity index (χ1) is 16.8. The number of nitrogens with zero attached hydrogens (tertiary/aromatic N) is 4. The molecule has 0 aliphatic carbocycles. The number of benzene rings is 1. The third kappa shape index (κ3) is 4.61. The van der Waals surface area contributed by atoms with Crippen molar-refractivity contribution < 1.29 is 17.9 Å². The van der Waals surface area contributed by atoms with Crippen LogP contribution in [-0.2, 0) is 16.4 Å². The molecule has 1 fully saturated rings. The van der Waals surface area contributed by atoms with E-state index in [4.69, 9.17) is 9.72 Å². The van der Waals surface area contributed by atoms with Crippen molar-refractivity contribution in [2.45, 2.75) is 25.9 Å². The highest BCUT2D eigenvalue weighted by Gasteiger charge is 2.32. The van der Waals surface area contributed by atoms with Crippen LogP contribution in [0.2, 0.25) is 0 Å². The number of sulfone groups is 1. The van der Waals surface area contributed by atoms with Gasteiger partial charge in [0.15, 0.2) is 15.5 Å². The van der Waals surface area contributed by atoms with Crippen LogP contribution in [0.5, 0.6) is 5.75 Å². The van der Waals surface area contributed by atoms with Crippen LogP contribution in [0.1, 0.15) is 34.1 Å². The maximum absolute atomic E-state index is 13.4. The highest BCUT2D eigenvalue weighted by molar-refractivity contribution is 7.91. The molecule has 0 unspecified atom stereocenters. The number of nitrogens with one attached hydrogen (secondary N) is 1. The summed E-state index contributed by atoms with van der Waals surface area (Å²) in [6.07, 6.45) is 3.85. The van der Waals surface area contributed by atoms with Crippen LogP contribution in [0.25, 0.3) is 22.3 Å². The average molecular weight is 492 g/mol. The van der Waals surface area contributed by atoms with E-state index in [1.54, 1.807) is 30.3 Å². The minimum Gasteiger partial charge on any atom is -0.497 e. The molecule has 0 radical (unpaired) electrons. The molecule has 4 heterocycles. The number of carbonyl (C=O) groups is 1. The summed E-state index contributed by atoms with van der Waals surface area (Å²) in [5.41, 5.74) is 3.85. The van der Waals surface area contributed by atoms with Crippen LogP contribution < -0.4 is 10.1 Å². The van der Waals surface area contributed by atoms with E-state index < -0.39 is 9.84 Å². The monoisotopic (exact) mass is 491 g/mol. The summed E-state index contributed by atoms with van der Waals surface area (Å²) < 4.78 is 31.3. The van der Waals surface area contributed by atoms with Crippen LogP contribution in [0, 0.1) is 6.92 Å². The van der Waals surface area contributed by atoms with Gasteiger partial charge in [0, 0.05) is 24.5 Å². The summed E-state index contributed by atoms with van der Waals surface area (Å²) in [6.45, 7) is 2.14. The Morgan fingerprint density at radius 2 is 2.03 bits per heavy atom. The maximum Gasteiger partial charge on any atom is 0.252 e. The molecule has 0 bridgehead atoms. The summed E-state index contributed by atoms with van der Waals surface area (Å²) >= 11 is 0. The second-order valence-corrected chi connectivity index (χ2v) is 10.8. The quantitative estimate of drug-likeness (QED) is 0.441. The van der Waals surface area contributed by atoms with Gasteiger partial charge in [0.25, 0.3) is 5.91 Å². The first-order valence-electron chi connectivity index (χ1n) is 11.3. The summed E-state index contributed by atoms with van der Waals surface area (Å²) in [7, 11) is -1.53. The number of amides is 1. The Hall–Kier alpha value is -3.79. The Morgan fingerprint density at radius 1 is 1.23 bits per heavy atom. The van der Waals surface area contributed by atoms with Gasteiger partial charge in [-0.15, -0.1) is 0 Å². The van der Waals surface area contributed by atoms with E-state index >= 15 is 0 Å². The standard InChI is InChI=1S/C25H25N5O4S/c1-16-23-21(25(31)27-14-17-4-3-10-26-13-17)12-22(18-5-7-20(34-2)8-6-18)28-24(23)30(29-16)19-9-11-35(32,33)15-19/h3-8,10,12-13,19H,9,11,14-15H2,1-2H3,(H,27,31)/t19-/m1/s1. The fourth-order valence-corrected chi connectivity index (χ4v) is 6.10. The zero-order valence-corrected chi connectivity index (χ0v) is 20.2. The van der Waals surface area contributed by atoms with Crippen molar-refractivity contribution in [3.63, 3.8) is 0 Å². The van der Waals surface area contributed by atoms with Crippen molar-refractivity contribution in [2.75, 3.05) is 18.6 Å². The molecule has 1 amide bonds. The van der Waals surface area contributed by atoms with Gasteiger partial charge in [0.05, 0.1) is 47.0 Å². The molecule has 9 nitrogen and oxygen atoms in total. The minimum absolute atomic E-state index is 0.0141. The first-order valence-corrected chi connectivity index (χ1v) is 13.1. The molecule has 1 saturated heterocycles. The van der Waals surface area contributed by atoms with E-state index in [-0.39, 0.29) is 23.5 Å². The summed E-state index contributed by atoms with van der Waals surface area (Å²) in [6, 6.07) is 12.6. The average Bonchev–Trinajstić information content (AvgIpc) is 3.41. The number of aromatic nitrogens is 4. The number of fused-ring (bicyclic) bond motifs is 1. The normalized spacial score (nSPS) is 16.9. The van der Waals surface area contributed by atoms with Crippen LogP contribution in [0.3, 0.4) is 0 Å². The molecule has 0 spiro atoms. The Bertz CT molecular complexity index is 1500. The van der Waals surface area contributed by atoms with Crippen molar-refractivity contribution in [1.29, 1.82) is 0 Å². The van der Waals surface area contributed by atoms with Gasteiger partial charge in [-0.05, 0) is 55.3 Å². The minimum atomic E-state index is -3.13. The molecular formula is C25H25N5O4S. The number of pyridine rings is 2. The van der Waals surface area contributed by atoms with E-state index in [1.807, 2.05) is 43.3 Å². The first kappa shape index (κ1) is 23.0. The van der Waals surface area contributed by atoms with Crippen molar-refractivity contribution >= 4 is 26.8 Å². The number of rotatable bonds is 6. The zero-order valence-electron chi connectivity index (χ0n) is 19.4. The molecule has 3 aromatic heterocycles. The second-order valence-electron chi connectivity index (χ2n) is 8.61. The van der Waals surface area contributed by atoms with Crippen LogP contribution >= 0.6 is 0 Å². The number of aryl methyl sites for hydroxylation is 1. The Morgan fingerprint density at radius 3 is 2.69 bits per heavy atom. The van der Waals surface area contributed by atoms with Crippen molar-refractivity contribution in [2.24, 2.45) is 0 Å². The fraction of sp³-hybridized carbons (Fsp3) is 0.280. The lowest BCUT2D eigenvalue weighted by molar-refractivity contribution is 0.0952. The molecule has 1 aliphatic rings. The second kappa shape index (κ2) is 9.10. The van der Waals surface area contributed by atoms with E-state index in [0.29, 0.717) is 46.7 Å². The number of hydrogen-bond acceptors (Lipinski definition) is 7. The molecule has 180 valence electrons. The summed E-state index contributed by atoms with van der Waals surface area (Å²) in [5.74, 6) is 0.577. The van der Waals surface area contributed by atoms with Gasteiger partial charge in [-0.25, -0.2) is 18.1 Å². The predicted octanol–water partition coefficient (Wildman–Crippen LogP) is 3.10. The number of hydrogen-bond donors (Lipinski definition) is 1. The largest absolute Gasteiger partial charge is 0.497 e. The van der Waals surface area contributed by atoms with Crippen molar-refractivity contribution in [3.8, 4) is 17.0 Å². The molecule has 0 saturated carbocycles. The third-order valence-corrected chi connectivity index (χ3v) is 7.95. The van der Waals surface area contributed by atoms with Gasteiger partial charge >= 0.3 is 0 Å². The molecular weight excluding hydrogens is 466 g/mol. The summed E-state index contributed by atoms with van der Waals surface area (Å²) in [4.78, 5) is 22.3. The SMILES string of the molecule is COc1ccc(-c2cc(C(=O)NCc3cccnc3)c3c(C)nn([C@@H]4CCS(=O)(=O)C4)c3n2)cc1. The van der Waals surface area contributed by atoms with Crippen molar-refractivity contribution in [3.05, 3.63) is 71.7 Å². The van der Waals surface area contributed by atoms with Crippen molar-refractivity contribution in [1.82, 2.24) is 25.1 Å². The van der Waals surface area contributed by atoms with Crippen LogP contribution in [-0.4, -0.2) is 52.7 Å². The van der Waals surface area contributed by atoms with Gasteiger partial charge in [-0.3, -0.25) is 9.78 Å². The maximum atomic E-state index is 13.4. The lowest BCUT2D eigenvalue weighted by Gasteiger charge is -2.12. The third-order valence-electron chi connectivity index (χ3n) is 6.20. The van der Waals surface area contributed by atoms with E-state index in [9.17, 15) is 13.2 Å². The van der Waals surface area contributed by atoms with Gasteiger partial charge in [0.2, 0.25) is 0 Å². The molecule has 4 aromatic rings. The van der Waals surface area contributed by atoms with Gasteiger partial charge < -0.3 is 10.1 Å². The highest BCUT2D eigenvalue weighted by Crippen LogP contribution is 2.32. The van der Waals surface area contributed by atoms with Gasteiger partial charge in [-0.1, -0.05) is 6.07 Å². The number of carbonyl (C=O) groups excluding carboxylic acids is 1. The fourth-order valence-electron chi connectivity index (χ4n) is 4.40. The molecule has 5 rings (SSSR count). The molecule has 35 heavy (non-hydrogen) atoms. The van der Waals surface area contributed by atoms with E-state index in [1.165, 1.54) is 0 Å². The van der Waals surface area contributed by atoms with E-state index in [2.05, 4.69) is 15.4 Å². The number of ether oxygens (including phenoxy) is 1. The number of methoxy groups -OCH3 is 1. The highest BCUT2D eigenvalue weighted by atomic mass is 32.2. The summed E-state index contributed by atoms with van der Waals surface area (Å²) in [5, 5.41) is 8.22. The lowest BCUT2D eigenvalue weighted by atomic mass is 10.0. The molecule has 10 heteroatoms. The van der Waals surface area contributed by atoms with Gasteiger partial charge in [0.1, 0.15) is 5.75 Å². The van der Waals surface area contributed by atoms with Crippen LogP contribution in [0.15, 0.2) is 54.9 Å². The Kier molecular flexibility index (Phi) is 5.98. The Labute approximate surface area is 203 Å². The van der Waals surface area contributed by atoms with E-state index in [0.717, 1.165) is 11.1 Å². The Balaban J connectivity index is 1.61. The topological polar surface area (TPSA) is 116 Å². The van der Waals surface area contributed by atoms with Gasteiger partial charge in [-0.2, -0.15) is 5.10 Å². The zero-order chi connectivity index (χ0) is 24.6.